The third-order valence-electron chi connectivity index (χ3n) is 5.09. The second-order valence-electron chi connectivity index (χ2n) is 7.71. The Morgan fingerprint density at radius 3 is 2.52 bits per heavy atom. The van der Waals surface area contributed by atoms with Crippen molar-refractivity contribution in [3.63, 3.8) is 0 Å². The molecule has 3 rings (SSSR count). The molecule has 0 bridgehead atoms. The van der Waals surface area contributed by atoms with Gasteiger partial charge in [0.15, 0.2) is 5.69 Å². The third kappa shape index (κ3) is 5.27. The van der Waals surface area contributed by atoms with Gasteiger partial charge in [-0.2, -0.15) is 0 Å². The molecule has 162 valence electrons. The Kier molecular flexibility index (Phi) is 7.02. The lowest BCUT2D eigenvalue weighted by Gasteiger charge is -2.34. The molecule has 0 aliphatic carbocycles. The van der Waals surface area contributed by atoms with E-state index < -0.39 is 17.5 Å². The molecular formula is C23H26N4O3S. The van der Waals surface area contributed by atoms with Crippen molar-refractivity contribution in [3.8, 4) is 5.75 Å². The van der Waals surface area contributed by atoms with Crippen molar-refractivity contribution in [1.82, 2.24) is 14.9 Å². The van der Waals surface area contributed by atoms with Gasteiger partial charge in [0.2, 0.25) is 5.91 Å². The molecule has 7 nitrogen and oxygen atoms in total. The summed E-state index contributed by atoms with van der Waals surface area (Å²) < 4.78 is 9.19. The summed E-state index contributed by atoms with van der Waals surface area (Å²) in [5, 5.41) is 8.61. The Hall–Kier alpha value is -3.26. The van der Waals surface area contributed by atoms with Gasteiger partial charge in [0.1, 0.15) is 11.8 Å². The topological polar surface area (TPSA) is 84.4 Å². The zero-order valence-corrected chi connectivity index (χ0v) is 18.8. The van der Waals surface area contributed by atoms with E-state index in [1.54, 1.807) is 42.8 Å². The van der Waals surface area contributed by atoms with E-state index in [1.165, 1.54) is 4.90 Å². The molecule has 0 aliphatic heterocycles. The van der Waals surface area contributed by atoms with Crippen molar-refractivity contribution in [1.29, 1.82) is 0 Å². The van der Waals surface area contributed by atoms with Crippen LogP contribution in [0.1, 0.15) is 49.3 Å². The summed E-state index contributed by atoms with van der Waals surface area (Å²) in [6.45, 7) is 5.90. The highest BCUT2D eigenvalue weighted by molar-refractivity contribution is 7.03. The van der Waals surface area contributed by atoms with Crippen LogP contribution in [0.15, 0.2) is 60.0 Å². The Labute approximate surface area is 186 Å². The first-order valence-electron chi connectivity index (χ1n) is 9.98. The van der Waals surface area contributed by atoms with Gasteiger partial charge in [0, 0.05) is 16.6 Å². The molecule has 0 saturated heterocycles. The van der Waals surface area contributed by atoms with Gasteiger partial charge in [0.25, 0.3) is 5.91 Å². The summed E-state index contributed by atoms with van der Waals surface area (Å²) in [7, 11) is 1.56. The molecule has 2 amide bonds. The van der Waals surface area contributed by atoms with Crippen LogP contribution in [0.2, 0.25) is 0 Å². The maximum atomic E-state index is 13.6. The van der Waals surface area contributed by atoms with Crippen LogP contribution in [0.3, 0.4) is 0 Å². The number of carbonyl (C=O) groups excluding carboxylic acids is 2. The standard InChI is InChI=1S/C23H26N4O3S/c1-5-23(2,3)24-21(28)20(16-10-9-13-18(14-16)30-4)27(17-11-7-6-8-12-17)22(29)19-15-31-26-25-19/h6-15,20H,5H2,1-4H3,(H,24,28). The van der Waals surface area contributed by atoms with Gasteiger partial charge >= 0.3 is 0 Å². The number of anilines is 1. The predicted molar refractivity (Wildman–Crippen MR) is 121 cm³/mol. The smallest absolute Gasteiger partial charge is 0.280 e. The minimum Gasteiger partial charge on any atom is -0.497 e. The zero-order valence-electron chi connectivity index (χ0n) is 18.0. The Bertz CT molecular complexity index is 1020. The third-order valence-corrected chi connectivity index (χ3v) is 5.60. The molecule has 3 aromatic rings. The molecule has 1 unspecified atom stereocenters. The van der Waals surface area contributed by atoms with E-state index in [4.69, 9.17) is 4.74 Å². The van der Waals surface area contributed by atoms with Crippen molar-refractivity contribution in [2.75, 3.05) is 12.0 Å². The molecular weight excluding hydrogens is 412 g/mol. The molecule has 0 aliphatic rings. The molecule has 0 fully saturated rings. The van der Waals surface area contributed by atoms with E-state index in [-0.39, 0.29) is 11.6 Å². The first-order chi connectivity index (χ1) is 14.9. The molecule has 1 N–H and O–H groups in total. The number of amides is 2. The first kappa shape index (κ1) is 22.4. The number of ether oxygens (including phenoxy) is 1. The van der Waals surface area contributed by atoms with E-state index in [2.05, 4.69) is 14.9 Å². The lowest BCUT2D eigenvalue weighted by atomic mass is 9.98. The average Bonchev–Trinajstić information content (AvgIpc) is 3.32. The van der Waals surface area contributed by atoms with Crippen molar-refractivity contribution >= 4 is 29.0 Å². The number of methoxy groups -OCH3 is 1. The maximum absolute atomic E-state index is 13.6. The number of benzene rings is 2. The van der Waals surface area contributed by atoms with Gasteiger partial charge in [-0.25, -0.2) is 0 Å². The largest absolute Gasteiger partial charge is 0.497 e. The highest BCUT2D eigenvalue weighted by atomic mass is 32.1. The first-order valence-corrected chi connectivity index (χ1v) is 10.8. The van der Waals surface area contributed by atoms with Crippen molar-refractivity contribution in [2.45, 2.75) is 38.8 Å². The Morgan fingerprint density at radius 1 is 1.16 bits per heavy atom. The van der Waals surface area contributed by atoms with E-state index >= 15 is 0 Å². The molecule has 31 heavy (non-hydrogen) atoms. The zero-order chi connectivity index (χ0) is 22.4. The van der Waals surface area contributed by atoms with Crippen LogP contribution in [-0.2, 0) is 4.79 Å². The summed E-state index contributed by atoms with van der Waals surface area (Å²) in [4.78, 5) is 28.6. The highest BCUT2D eigenvalue weighted by Crippen LogP contribution is 2.31. The molecule has 0 radical (unpaired) electrons. The lowest BCUT2D eigenvalue weighted by molar-refractivity contribution is -0.124. The summed E-state index contributed by atoms with van der Waals surface area (Å²) in [6, 6.07) is 15.4. The van der Waals surface area contributed by atoms with Crippen LogP contribution < -0.4 is 15.0 Å². The molecule has 2 aromatic carbocycles. The predicted octanol–water partition coefficient (Wildman–Crippen LogP) is 4.24. The SMILES string of the molecule is CCC(C)(C)NC(=O)C(c1cccc(OC)c1)N(C(=O)c1csnn1)c1ccccc1. The monoisotopic (exact) mass is 438 g/mol. The van der Waals surface area contributed by atoms with Gasteiger partial charge in [-0.15, -0.1) is 5.10 Å². The molecule has 1 atom stereocenters. The van der Waals surface area contributed by atoms with Gasteiger partial charge in [-0.3, -0.25) is 14.5 Å². The second-order valence-corrected chi connectivity index (χ2v) is 8.32. The summed E-state index contributed by atoms with van der Waals surface area (Å²) in [6.07, 6.45) is 0.735. The van der Waals surface area contributed by atoms with Gasteiger partial charge in [-0.05, 0) is 61.6 Å². The average molecular weight is 439 g/mol. The minimum absolute atomic E-state index is 0.185. The van der Waals surface area contributed by atoms with E-state index in [1.807, 2.05) is 45.0 Å². The molecule has 8 heteroatoms. The number of hydrogen-bond donors (Lipinski definition) is 1. The van der Waals surface area contributed by atoms with Gasteiger partial charge in [-0.1, -0.05) is 41.7 Å². The summed E-state index contributed by atoms with van der Waals surface area (Å²) in [5.74, 6) is -0.0986. The van der Waals surface area contributed by atoms with E-state index in [9.17, 15) is 9.59 Å². The number of hydrogen-bond acceptors (Lipinski definition) is 6. The minimum atomic E-state index is -0.933. The van der Waals surface area contributed by atoms with Crippen LogP contribution in [0, 0.1) is 0 Å². The number of nitrogens with one attached hydrogen (secondary N) is 1. The fourth-order valence-corrected chi connectivity index (χ4v) is 3.50. The van der Waals surface area contributed by atoms with Crippen LogP contribution in [0.4, 0.5) is 5.69 Å². The maximum Gasteiger partial charge on any atom is 0.280 e. The number of rotatable bonds is 8. The molecule has 0 saturated carbocycles. The fourth-order valence-electron chi connectivity index (χ4n) is 3.07. The van der Waals surface area contributed by atoms with Crippen molar-refractivity contribution in [2.24, 2.45) is 0 Å². The number of aromatic nitrogens is 2. The quantitative estimate of drug-likeness (QED) is 0.569. The fraction of sp³-hybridized carbons (Fsp3) is 0.304. The van der Waals surface area contributed by atoms with Crippen LogP contribution in [0.5, 0.6) is 5.75 Å². The van der Waals surface area contributed by atoms with Gasteiger partial charge < -0.3 is 10.1 Å². The van der Waals surface area contributed by atoms with Crippen molar-refractivity contribution < 1.29 is 14.3 Å². The van der Waals surface area contributed by atoms with Gasteiger partial charge in [0.05, 0.1) is 7.11 Å². The molecule has 1 aromatic heterocycles. The number of carbonyl (C=O) groups is 2. The van der Waals surface area contributed by atoms with E-state index in [0.29, 0.717) is 17.0 Å². The van der Waals surface area contributed by atoms with Crippen LogP contribution in [0.25, 0.3) is 0 Å². The second kappa shape index (κ2) is 9.70. The lowest BCUT2D eigenvalue weighted by Crippen LogP contribution is -2.50. The van der Waals surface area contributed by atoms with Crippen LogP contribution >= 0.6 is 11.5 Å². The van der Waals surface area contributed by atoms with Crippen LogP contribution in [-0.4, -0.2) is 34.1 Å². The summed E-state index contributed by atoms with van der Waals surface area (Å²) >= 11 is 1.09. The van der Waals surface area contributed by atoms with Crippen molar-refractivity contribution in [3.05, 3.63) is 71.2 Å². The Morgan fingerprint density at radius 2 is 1.90 bits per heavy atom. The molecule has 1 heterocycles. The number of para-hydroxylation sites is 1. The van der Waals surface area contributed by atoms with E-state index in [0.717, 1.165) is 18.0 Å². The summed E-state index contributed by atoms with van der Waals surface area (Å²) in [5.41, 5.74) is 0.952. The Balaban J connectivity index is 2.16. The highest BCUT2D eigenvalue weighted by Gasteiger charge is 2.36. The number of nitrogens with zero attached hydrogens (tertiary/aromatic N) is 3. The normalized spacial score (nSPS) is 12.1. The molecule has 0 spiro atoms.